The third-order valence-electron chi connectivity index (χ3n) is 3.52. The molecule has 2 aromatic carbocycles. The summed E-state index contributed by atoms with van der Waals surface area (Å²) in [5, 5.41) is 0. The molecule has 124 valence electrons. The van der Waals surface area contributed by atoms with Crippen LogP contribution in [0.4, 0.5) is 10.1 Å². The van der Waals surface area contributed by atoms with Crippen LogP contribution in [0.1, 0.15) is 13.3 Å². The molecular formula is C17H21FN2O2S. The molecule has 0 bridgehead atoms. The molecule has 0 saturated carbocycles. The van der Waals surface area contributed by atoms with Crippen LogP contribution in [0.25, 0.3) is 0 Å². The summed E-state index contributed by atoms with van der Waals surface area (Å²) in [6.45, 7) is 4.01. The maximum atomic E-state index is 12.8. The molecule has 0 amide bonds. The highest BCUT2D eigenvalue weighted by Gasteiger charge is 2.13. The van der Waals surface area contributed by atoms with Crippen LogP contribution in [-0.2, 0) is 10.0 Å². The molecule has 0 aromatic heterocycles. The molecule has 0 heterocycles. The smallest absolute Gasteiger partial charge is 0.240 e. The van der Waals surface area contributed by atoms with E-state index in [-0.39, 0.29) is 4.90 Å². The lowest BCUT2D eigenvalue weighted by molar-refractivity contribution is 0.577. The zero-order valence-electron chi connectivity index (χ0n) is 13.1. The second-order valence-corrected chi connectivity index (χ2v) is 6.89. The zero-order valence-corrected chi connectivity index (χ0v) is 13.9. The predicted octanol–water partition coefficient (Wildman–Crippen LogP) is 3.02. The van der Waals surface area contributed by atoms with E-state index in [9.17, 15) is 12.8 Å². The summed E-state index contributed by atoms with van der Waals surface area (Å²) in [4.78, 5) is 2.26. The standard InChI is InChI=1S/C17H21FN2O2S/c1-2-20(16-7-4-3-5-8-16)14-6-13-19-23(21,22)17-11-9-15(18)10-12-17/h3-5,7-12,19H,2,6,13-14H2,1H3. The summed E-state index contributed by atoms with van der Waals surface area (Å²) in [6, 6.07) is 14.8. The molecule has 4 nitrogen and oxygen atoms in total. The van der Waals surface area contributed by atoms with Gasteiger partial charge in [-0.05, 0) is 49.7 Å². The van der Waals surface area contributed by atoms with Gasteiger partial charge in [0.25, 0.3) is 0 Å². The van der Waals surface area contributed by atoms with Gasteiger partial charge in [0, 0.05) is 25.3 Å². The quantitative estimate of drug-likeness (QED) is 0.754. The van der Waals surface area contributed by atoms with Crippen molar-refractivity contribution in [1.29, 1.82) is 0 Å². The van der Waals surface area contributed by atoms with Crippen LogP contribution in [0.5, 0.6) is 0 Å². The van der Waals surface area contributed by atoms with Crippen LogP contribution >= 0.6 is 0 Å². The van der Waals surface area contributed by atoms with E-state index < -0.39 is 15.8 Å². The minimum absolute atomic E-state index is 0.0781. The number of anilines is 1. The molecule has 0 aliphatic heterocycles. The topological polar surface area (TPSA) is 49.4 Å². The lowest BCUT2D eigenvalue weighted by Crippen LogP contribution is -2.30. The Morgan fingerprint density at radius 1 is 1.04 bits per heavy atom. The zero-order chi connectivity index (χ0) is 16.7. The lowest BCUT2D eigenvalue weighted by Gasteiger charge is -2.23. The predicted molar refractivity (Wildman–Crippen MR) is 90.5 cm³/mol. The van der Waals surface area contributed by atoms with Crippen molar-refractivity contribution in [1.82, 2.24) is 4.72 Å². The van der Waals surface area contributed by atoms with Gasteiger partial charge in [-0.3, -0.25) is 0 Å². The van der Waals surface area contributed by atoms with Crippen LogP contribution in [0.2, 0.25) is 0 Å². The summed E-state index contributed by atoms with van der Waals surface area (Å²) in [6.07, 6.45) is 0.684. The minimum atomic E-state index is -3.58. The molecule has 2 rings (SSSR count). The summed E-state index contributed by atoms with van der Waals surface area (Å²) in [5.74, 6) is -0.453. The first-order valence-corrected chi connectivity index (χ1v) is 9.06. The summed E-state index contributed by atoms with van der Waals surface area (Å²) < 4.78 is 39.6. The second kappa shape index (κ2) is 8.08. The summed E-state index contributed by atoms with van der Waals surface area (Å²) in [5.41, 5.74) is 1.12. The van der Waals surface area contributed by atoms with Crippen LogP contribution in [0, 0.1) is 5.82 Å². The molecule has 0 aliphatic carbocycles. The Balaban J connectivity index is 1.85. The van der Waals surface area contributed by atoms with Crippen molar-refractivity contribution in [2.24, 2.45) is 0 Å². The second-order valence-electron chi connectivity index (χ2n) is 5.12. The number of sulfonamides is 1. The van der Waals surface area contributed by atoms with Crippen molar-refractivity contribution in [3.63, 3.8) is 0 Å². The van der Waals surface area contributed by atoms with Crippen LogP contribution in [0.3, 0.4) is 0 Å². The molecular weight excluding hydrogens is 315 g/mol. The molecule has 0 aliphatic rings. The van der Waals surface area contributed by atoms with E-state index in [1.165, 1.54) is 12.1 Å². The van der Waals surface area contributed by atoms with E-state index in [1.807, 2.05) is 30.3 Å². The SMILES string of the molecule is CCN(CCCNS(=O)(=O)c1ccc(F)cc1)c1ccccc1. The van der Waals surface area contributed by atoms with Crippen molar-refractivity contribution >= 4 is 15.7 Å². The summed E-state index contributed by atoms with van der Waals surface area (Å²) >= 11 is 0. The molecule has 0 unspecified atom stereocenters. The molecule has 0 fully saturated rings. The molecule has 1 N–H and O–H groups in total. The molecule has 6 heteroatoms. The Morgan fingerprint density at radius 3 is 2.30 bits per heavy atom. The van der Waals surface area contributed by atoms with Gasteiger partial charge in [-0.25, -0.2) is 17.5 Å². The lowest BCUT2D eigenvalue weighted by atomic mass is 10.2. The number of nitrogens with zero attached hydrogens (tertiary/aromatic N) is 1. The molecule has 0 saturated heterocycles. The minimum Gasteiger partial charge on any atom is -0.372 e. The van der Waals surface area contributed by atoms with Crippen LogP contribution in [-0.4, -0.2) is 28.1 Å². The highest BCUT2D eigenvalue weighted by Crippen LogP contribution is 2.13. The Hall–Kier alpha value is -1.92. The third kappa shape index (κ3) is 5.04. The first kappa shape index (κ1) is 17.4. The van der Waals surface area contributed by atoms with Gasteiger partial charge in [0.2, 0.25) is 10.0 Å². The largest absolute Gasteiger partial charge is 0.372 e. The van der Waals surface area contributed by atoms with E-state index in [1.54, 1.807) is 0 Å². The average molecular weight is 336 g/mol. The van der Waals surface area contributed by atoms with Gasteiger partial charge in [-0.1, -0.05) is 18.2 Å². The molecule has 23 heavy (non-hydrogen) atoms. The van der Waals surface area contributed by atoms with Gasteiger partial charge in [0.05, 0.1) is 4.90 Å². The van der Waals surface area contributed by atoms with Gasteiger partial charge in [0.15, 0.2) is 0 Å². The molecule has 0 atom stereocenters. The molecule has 0 spiro atoms. The van der Waals surface area contributed by atoms with E-state index in [0.29, 0.717) is 13.0 Å². The Bertz CT molecular complexity index is 703. The fraction of sp³-hybridized carbons (Fsp3) is 0.294. The van der Waals surface area contributed by atoms with E-state index in [0.717, 1.165) is 30.9 Å². The van der Waals surface area contributed by atoms with Crippen molar-refractivity contribution in [3.05, 3.63) is 60.4 Å². The average Bonchev–Trinajstić information content (AvgIpc) is 2.56. The number of nitrogens with one attached hydrogen (secondary N) is 1. The fourth-order valence-corrected chi connectivity index (χ4v) is 3.36. The Labute approximate surface area is 137 Å². The van der Waals surface area contributed by atoms with E-state index in [2.05, 4.69) is 16.5 Å². The van der Waals surface area contributed by atoms with Crippen molar-refractivity contribution in [3.8, 4) is 0 Å². The van der Waals surface area contributed by atoms with Gasteiger partial charge >= 0.3 is 0 Å². The normalized spacial score (nSPS) is 11.4. The van der Waals surface area contributed by atoms with Crippen molar-refractivity contribution in [2.75, 3.05) is 24.5 Å². The number of halogens is 1. The number of hydrogen-bond donors (Lipinski definition) is 1. The number of para-hydroxylation sites is 1. The van der Waals surface area contributed by atoms with Crippen LogP contribution in [0.15, 0.2) is 59.5 Å². The van der Waals surface area contributed by atoms with Crippen molar-refractivity contribution in [2.45, 2.75) is 18.2 Å². The highest BCUT2D eigenvalue weighted by molar-refractivity contribution is 7.89. The maximum absolute atomic E-state index is 12.8. The Kier molecular flexibility index (Phi) is 6.12. The van der Waals surface area contributed by atoms with Gasteiger partial charge in [-0.2, -0.15) is 0 Å². The fourth-order valence-electron chi connectivity index (χ4n) is 2.28. The highest BCUT2D eigenvalue weighted by atomic mass is 32.2. The Morgan fingerprint density at radius 2 is 1.70 bits per heavy atom. The first-order valence-electron chi connectivity index (χ1n) is 7.58. The van der Waals surface area contributed by atoms with Gasteiger partial charge in [-0.15, -0.1) is 0 Å². The van der Waals surface area contributed by atoms with E-state index in [4.69, 9.17) is 0 Å². The summed E-state index contributed by atoms with van der Waals surface area (Å²) in [7, 11) is -3.58. The molecule has 0 radical (unpaired) electrons. The monoisotopic (exact) mass is 336 g/mol. The van der Waals surface area contributed by atoms with E-state index >= 15 is 0 Å². The number of rotatable bonds is 8. The molecule has 2 aromatic rings. The van der Waals surface area contributed by atoms with Crippen LogP contribution < -0.4 is 9.62 Å². The third-order valence-corrected chi connectivity index (χ3v) is 5.00. The maximum Gasteiger partial charge on any atom is 0.240 e. The van der Waals surface area contributed by atoms with Crippen molar-refractivity contribution < 1.29 is 12.8 Å². The number of hydrogen-bond acceptors (Lipinski definition) is 3. The number of benzene rings is 2. The van der Waals surface area contributed by atoms with Gasteiger partial charge < -0.3 is 4.90 Å². The van der Waals surface area contributed by atoms with Gasteiger partial charge in [0.1, 0.15) is 5.82 Å². The first-order chi connectivity index (χ1) is 11.0.